The van der Waals surface area contributed by atoms with Gasteiger partial charge in [0.1, 0.15) is 0 Å². The zero-order chi connectivity index (χ0) is 12.7. The summed E-state index contributed by atoms with van der Waals surface area (Å²) in [4.78, 5) is 0. The third kappa shape index (κ3) is 13.7. The SMILES string of the molecule is C[Si](C)(C)OCC#C/C=C/CO[Si](C)(C)C. The molecule has 2 nitrogen and oxygen atoms in total. The van der Waals surface area contributed by atoms with Crippen LogP contribution in [-0.2, 0) is 8.85 Å². The van der Waals surface area contributed by atoms with Gasteiger partial charge in [-0.05, 0) is 45.4 Å². The van der Waals surface area contributed by atoms with E-state index < -0.39 is 16.6 Å². The summed E-state index contributed by atoms with van der Waals surface area (Å²) in [5.74, 6) is 5.92. The van der Waals surface area contributed by atoms with E-state index in [1.165, 1.54) is 0 Å². The number of hydrogen-bond acceptors (Lipinski definition) is 2. The van der Waals surface area contributed by atoms with E-state index in [4.69, 9.17) is 8.85 Å². The smallest absolute Gasteiger partial charge is 0.185 e. The summed E-state index contributed by atoms with van der Waals surface area (Å²) < 4.78 is 11.2. The lowest BCUT2D eigenvalue weighted by Crippen LogP contribution is -2.25. The fraction of sp³-hybridized carbons (Fsp3) is 0.667. The molecule has 0 aliphatic heterocycles. The Labute approximate surface area is 102 Å². The molecule has 0 rings (SSSR count). The third-order valence-corrected chi connectivity index (χ3v) is 3.54. The molecule has 0 saturated carbocycles. The normalized spacial score (nSPS) is 12.6. The van der Waals surface area contributed by atoms with Gasteiger partial charge in [-0.25, -0.2) is 0 Å². The standard InChI is InChI=1S/C12H24O2Si2/c1-15(2,3)13-11-9-7-8-10-12-14-16(4,5)6/h7,9H,11-12H2,1-6H3/b9-7+. The molecule has 0 aromatic heterocycles. The molecular formula is C12H24O2Si2. The van der Waals surface area contributed by atoms with Crippen LogP contribution in [0.3, 0.4) is 0 Å². The lowest BCUT2D eigenvalue weighted by molar-refractivity contribution is 0.357. The third-order valence-electron chi connectivity index (χ3n) is 1.49. The Kier molecular flexibility index (Phi) is 6.92. The second kappa shape index (κ2) is 7.07. The largest absolute Gasteiger partial charge is 0.414 e. The Morgan fingerprint density at radius 3 is 2.00 bits per heavy atom. The van der Waals surface area contributed by atoms with Gasteiger partial charge in [-0.2, -0.15) is 0 Å². The molecular weight excluding hydrogens is 232 g/mol. The van der Waals surface area contributed by atoms with Crippen molar-refractivity contribution in [2.24, 2.45) is 0 Å². The van der Waals surface area contributed by atoms with Crippen molar-refractivity contribution in [2.45, 2.75) is 39.3 Å². The summed E-state index contributed by atoms with van der Waals surface area (Å²) in [7, 11) is -2.78. The predicted molar refractivity (Wildman–Crippen MR) is 75.5 cm³/mol. The molecule has 4 heteroatoms. The molecule has 0 unspecified atom stereocenters. The first-order chi connectivity index (χ1) is 7.21. The van der Waals surface area contributed by atoms with Crippen LogP contribution in [0.2, 0.25) is 39.3 Å². The van der Waals surface area contributed by atoms with Gasteiger partial charge in [0.05, 0.1) is 13.2 Å². The first kappa shape index (κ1) is 15.7. The minimum atomic E-state index is -1.40. The van der Waals surface area contributed by atoms with Crippen LogP contribution in [0.25, 0.3) is 0 Å². The van der Waals surface area contributed by atoms with Crippen LogP contribution < -0.4 is 0 Å². The van der Waals surface area contributed by atoms with E-state index in [2.05, 4.69) is 51.1 Å². The summed E-state index contributed by atoms with van der Waals surface area (Å²) in [6.45, 7) is 14.2. The highest BCUT2D eigenvalue weighted by molar-refractivity contribution is 6.70. The fourth-order valence-electron chi connectivity index (χ4n) is 0.758. The van der Waals surface area contributed by atoms with Gasteiger partial charge in [0.25, 0.3) is 0 Å². The highest BCUT2D eigenvalue weighted by Crippen LogP contribution is 2.01. The zero-order valence-corrected chi connectivity index (χ0v) is 13.4. The van der Waals surface area contributed by atoms with Crippen molar-refractivity contribution in [3.8, 4) is 11.8 Å². The van der Waals surface area contributed by atoms with Crippen LogP contribution in [-0.4, -0.2) is 29.8 Å². The lowest BCUT2D eigenvalue weighted by atomic mass is 10.5. The van der Waals surface area contributed by atoms with Gasteiger partial charge in [0, 0.05) is 0 Å². The predicted octanol–water partition coefficient (Wildman–Crippen LogP) is 3.25. The molecule has 16 heavy (non-hydrogen) atoms. The molecule has 0 fully saturated rings. The van der Waals surface area contributed by atoms with E-state index in [1.54, 1.807) is 0 Å². The Bertz CT molecular complexity index is 274. The van der Waals surface area contributed by atoms with Crippen LogP contribution in [0, 0.1) is 11.8 Å². The molecule has 0 spiro atoms. The first-order valence-electron chi connectivity index (χ1n) is 5.62. The zero-order valence-electron chi connectivity index (χ0n) is 11.4. The topological polar surface area (TPSA) is 18.5 Å². The van der Waals surface area contributed by atoms with Crippen LogP contribution in [0.5, 0.6) is 0 Å². The molecule has 0 aliphatic rings. The van der Waals surface area contributed by atoms with E-state index in [9.17, 15) is 0 Å². The van der Waals surface area contributed by atoms with Gasteiger partial charge >= 0.3 is 0 Å². The van der Waals surface area contributed by atoms with Gasteiger partial charge in [-0.1, -0.05) is 17.9 Å². The molecule has 0 heterocycles. The Morgan fingerprint density at radius 1 is 0.938 bits per heavy atom. The summed E-state index contributed by atoms with van der Waals surface area (Å²) in [5.41, 5.74) is 0. The highest BCUT2D eigenvalue weighted by Gasteiger charge is 2.12. The summed E-state index contributed by atoms with van der Waals surface area (Å²) in [6.07, 6.45) is 3.80. The quantitative estimate of drug-likeness (QED) is 0.555. The van der Waals surface area contributed by atoms with Crippen molar-refractivity contribution in [2.75, 3.05) is 13.2 Å². The molecule has 0 radical (unpaired) electrons. The van der Waals surface area contributed by atoms with Crippen molar-refractivity contribution in [3.63, 3.8) is 0 Å². The summed E-state index contributed by atoms with van der Waals surface area (Å²) >= 11 is 0. The number of hydrogen-bond donors (Lipinski definition) is 0. The number of allylic oxidation sites excluding steroid dienone is 1. The van der Waals surface area contributed by atoms with Crippen LogP contribution >= 0.6 is 0 Å². The van der Waals surface area contributed by atoms with Crippen LogP contribution in [0.4, 0.5) is 0 Å². The number of rotatable bonds is 5. The molecule has 92 valence electrons. The molecule has 0 aromatic carbocycles. The highest BCUT2D eigenvalue weighted by atomic mass is 28.4. The van der Waals surface area contributed by atoms with Crippen molar-refractivity contribution < 1.29 is 8.85 Å². The maximum Gasteiger partial charge on any atom is 0.185 e. The van der Waals surface area contributed by atoms with Gasteiger partial charge in [0.15, 0.2) is 16.6 Å². The van der Waals surface area contributed by atoms with E-state index in [0.717, 1.165) is 0 Å². The van der Waals surface area contributed by atoms with Gasteiger partial charge in [-0.15, -0.1) is 0 Å². The molecule has 0 amide bonds. The van der Waals surface area contributed by atoms with E-state index in [-0.39, 0.29) is 0 Å². The van der Waals surface area contributed by atoms with Crippen LogP contribution in [0.15, 0.2) is 12.2 Å². The monoisotopic (exact) mass is 256 g/mol. The van der Waals surface area contributed by atoms with E-state index in [0.29, 0.717) is 13.2 Å². The van der Waals surface area contributed by atoms with Gasteiger partial charge < -0.3 is 8.85 Å². The Morgan fingerprint density at radius 2 is 1.50 bits per heavy atom. The molecule has 0 bridgehead atoms. The van der Waals surface area contributed by atoms with Gasteiger partial charge in [-0.3, -0.25) is 0 Å². The molecule has 0 saturated heterocycles. The molecule has 0 N–H and O–H groups in total. The lowest BCUT2D eigenvalue weighted by Gasteiger charge is -2.14. The minimum absolute atomic E-state index is 0.537. The summed E-state index contributed by atoms with van der Waals surface area (Å²) in [5, 5.41) is 0. The van der Waals surface area contributed by atoms with Crippen molar-refractivity contribution >= 4 is 16.6 Å². The van der Waals surface area contributed by atoms with Crippen molar-refractivity contribution in [1.29, 1.82) is 0 Å². The summed E-state index contributed by atoms with van der Waals surface area (Å²) in [6, 6.07) is 0. The average Bonchev–Trinajstić information content (AvgIpc) is 2.06. The second-order valence-electron chi connectivity index (χ2n) is 5.55. The Hall–Kier alpha value is -0.346. The van der Waals surface area contributed by atoms with E-state index >= 15 is 0 Å². The van der Waals surface area contributed by atoms with E-state index in [1.807, 2.05) is 12.2 Å². The molecule has 0 aromatic rings. The van der Waals surface area contributed by atoms with Crippen molar-refractivity contribution in [3.05, 3.63) is 12.2 Å². The first-order valence-corrected chi connectivity index (χ1v) is 12.4. The minimum Gasteiger partial charge on any atom is -0.414 e. The van der Waals surface area contributed by atoms with Crippen LogP contribution in [0.1, 0.15) is 0 Å². The molecule has 0 atom stereocenters. The van der Waals surface area contributed by atoms with Crippen molar-refractivity contribution in [1.82, 2.24) is 0 Å². The second-order valence-corrected chi connectivity index (χ2v) is 14.6. The molecule has 0 aliphatic carbocycles. The van der Waals surface area contributed by atoms with Gasteiger partial charge in [0.2, 0.25) is 0 Å². The Balaban J connectivity index is 3.65. The maximum atomic E-state index is 5.65. The fourth-order valence-corrected chi connectivity index (χ4v) is 1.86. The maximum absolute atomic E-state index is 5.65. The average molecular weight is 256 g/mol.